The number of anilines is 2. The maximum absolute atomic E-state index is 4.02. The molecule has 0 radical (unpaired) electrons. The van der Waals surface area contributed by atoms with Crippen molar-refractivity contribution in [1.82, 2.24) is 9.97 Å². The summed E-state index contributed by atoms with van der Waals surface area (Å²) in [7, 11) is 0. The standard InChI is InChI=1S/C12H13N3/c1-2-15(11-3-7-13-8-4-11)12-5-9-14-10-6-12/h3-10H,2H2,1H3. The van der Waals surface area contributed by atoms with Crippen molar-refractivity contribution in [3.05, 3.63) is 49.1 Å². The van der Waals surface area contributed by atoms with Gasteiger partial charge >= 0.3 is 0 Å². The summed E-state index contributed by atoms with van der Waals surface area (Å²) < 4.78 is 0. The van der Waals surface area contributed by atoms with Crippen molar-refractivity contribution in [2.45, 2.75) is 6.92 Å². The van der Waals surface area contributed by atoms with E-state index in [-0.39, 0.29) is 0 Å². The predicted molar refractivity (Wildman–Crippen MR) is 61.2 cm³/mol. The third-order valence-corrected chi connectivity index (χ3v) is 2.27. The molecule has 0 N–H and O–H groups in total. The molecule has 0 amide bonds. The second-order valence-electron chi connectivity index (χ2n) is 3.16. The molecule has 3 nitrogen and oxygen atoms in total. The van der Waals surface area contributed by atoms with E-state index in [0.717, 1.165) is 17.9 Å². The molecule has 0 aliphatic rings. The van der Waals surface area contributed by atoms with Gasteiger partial charge in [-0.1, -0.05) is 0 Å². The number of rotatable bonds is 3. The van der Waals surface area contributed by atoms with Crippen molar-refractivity contribution in [3.8, 4) is 0 Å². The van der Waals surface area contributed by atoms with E-state index in [2.05, 4.69) is 21.8 Å². The van der Waals surface area contributed by atoms with Gasteiger partial charge < -0.3 is 4.90 Å². The van der Waals surface area contributed by atoms with Crippen LogP contribution in [-0.2, 0) is 0 Å². The number of hydrogen-bond donors (Lipinski definition) is 0. The molecule has 2 rings (SSSR count). The van der Waals surface area contributed by atoms with E-state index in [1.54, 1.807) is 24.8 Å². The van der Waals surface area contributed by atoms with Crippen LogP contribution in [0.15, 0.2) is 49.1 Å². The average Bonchev–Trinajstić information content (AvgIpc) is 2.33. The molecular weight excluding hydrogens is 186 g/mol. The van der Waals surface area contributed by atoms with Crippen LogP contribution in [0, 0.1) is 0 Å². The van der Waals surface area contributed by atoms with Gasteiger partial charge in [0.2, 0.25) is 0 Å². The Labute approximate surface area is 89.4 Å². The Morgan fingerprint density at radius 3 is 1.60 bits per heavy atom. The predicted octanol–water partition coefficient (Wildman–Crippen LogP) is 2.63. The van der Waals surface area contributed by atoms with E-state index < -0.39 is 0 Å². The quantitative estimate of drug-likeness (QED) is 0.761. The van der Waals surface area contributed by atoms with Crippen LogP contribution in [0.1, 0.15) is 6.92 Å². The van der Waals surface area contributed by atoms with E-state index >= 15 is 0 Å². The molecule has 0 spiro atoms. The lowest BCUT2D eigenvalue weighted by Crippen LogP contribution is -2.15. The highest BCUT2D eigenvalue weighted by atomic mass is 15.1. The molecule has 0 aliphatic carbocycles. The highest BCUT2D eigenvalue weighted by Crippen LogP contribution is 2.22. The first-order chi connectivity index (χ1) is 7.42. The minimum atomic E-state index is 0.925. The second-order valence-corrected chi connectivity index (χ2v) is 3.16. The van der Waals surface area contributed by atoms with Crippen LogP contribution in [0.5, 0.6) is 0 Å². The first-order valence-corrected chi connectivity index (χ1v) is 4.99. The lowest BCUT2D eigenvalue weighted by molar-refractivity contribution is 1.02. The molecule has 76 valence electrons. The van der Waals surface area contributed by atoms with Gasteiger partial charge in [-0.25, -0.2) is 0 Å². The summed E-state index contributed by atoms with van der Waals surface area (Å²) in [4.78, 5) is 10.2. The molecule has 0 saturated carbocycles. The Morgan fingerprint density at radius 2 is 1.27 bits per heavy atom. The first kappa shape index (κ1) is 9.65. The first-order valence-electron chi connectivity index (χ1n) is 4.99. The van der Waals surface area contributed by atoms with Gasteiger partial charge in [0.05, 0.1) is 0 Å². The molecule has 15 heavy (non-hydrogen) atoms. The molecular formula is C12H13N3. The number of aromatic nitrogens is 2. The van der Waals surface area contributed by atoms with Gasteiger partial charge in [0.25, 0.3) is 0 Å². The van der Waals surface area contributed by atoms with E-state index in [4.69, 9.17) is 0 Å². The topological polar surface area (TPSA) is 29.0 Å². The van der Waals surface area contributed by atoms with E-state index in [1.807, 2.05) is 24.3 Å². The van der Waals surface area contributed by atoms with Gasteiger partial charge in [-0.05, 0) is 31.2 Å². The molecule has 0 unspecified atom stereocenters. The smallest absolute Gasteiger partial charge is 0.0441 e. The summed E-state index contributed by atoms with van der Waals surface area (Å²) in [6.45, 7) is 3.05. The zero-order valence-electron chi connectivity index (χ0n) is 8.67. The minimum Gasteiger partial charge on any atom is -0.342 e. The molecule has 0 atom stereocenters. The van der Waals surface area contributed by atoms with Crippen LogP contribution in [0.4, 0.5) is 11.4 Å². The summed E-state index contributed by atoms with van der Waals surface area (Å²) in [6.07, 6.45) is 7.22. The molecule has 2 aromatic rings. The highest BCUT2D eigenvalue weighted by molar-refractivity contribution is 5.61. The zero-order valence-corrected chi connectivity index (χ0v) is 8.67. The van der Waals surface area contributed by atoms with Crippen molar-refractivity contribution in [3.63, 3.8) is 0 Å². The van der Waals surface area contributed by atoms with Gasteiger partial charge in [-0.15, -0.1) is 0 Å². The monoisotopic (exact) mass is 199 g/mol. The average molecular weight is 199 g/mol. The van der Waals surface area contributed by atoms with Crippen molar-refractivity contribution in [1.29, 1.82) is 0 Å². The number of hydrogen-bond acceptors (Lipinski definition) is 3. The third-order valence-electron chi connectivity index (χ3n) is 2.27. The molecule has 0 aromatic carbocycles. The molecule has 2 aromatic heterocycles. The van der Waals surface area contributed by atoms with E-state index in [9.17, 15) is 0 Å². The van der Waals surface area contributed by atoms with Crippen LogP contribution in [0.3, 0.4) is 0 Å². The third kappa shape index (κ3) is 2.13. The normalized spacial score (nSPS) is 9.93. The van der Waals surface area contributed by atoms with Gasteiger partial charge in [-0.3, -0.25) is 9.97 Å². The van der Waals surface area contributed by atoms with E-state index in [1.165, 1.54) is 0 Å². The minimum absolute atomic E-state index is 0.925. The fraction of sp³-hybridized carbons (Fsp3) is 0.167. The Bertz CT molecular complexity index is 360. The van der Waals surface area contributed by atoms with Crippen molar-refractivity contribution in [2.75, 3.05) is 11.4 Å². The number of nitrogens with zero attached hydrogens (tertiary/aromatic N) is 3. The summed E-state index contributed by atoms with van der Waals surface area (Å²) in [6, 6.07) is 8.02. The van der Waals surface area contributed by atoms with Crippen molar-refractivity contribution in [2.24, 2.45) is 0 Å². The van der Waals surface area contributed by atoms with Crippen LogP contribution in [-0.4, -0.2) is 16.5 Å². The van der Waals surface area contributed by atoms with E-state index in [0.29, 0.717) is 0 Å². The van der Waals surface area contributed by atoms with Crippen molar-refractivity contribution >= 4 is 11.4 Å². The highest BCUT2D eigenvalue weighted by Gasteiger charge is 2.05. The lowest BCUT2D eigenvalue weighted by atomic mass is 10.3. The summed E-state index contributed by atoms with van der Waals surface area (Å²) in [5, 5.41) is 0. The SMILES string of the molecule is CCN(c1ccncc1)c1ccncc1. The molecule has 0 saturated heterocycles. The van der Waals surface area contributed by atoms with Gasteiger partial charge in [0, 0.05) is 42.7 Å². The summed E-state index contributed by atoms with van der Waals surface area (Å²) in [5.74, 6) is 0. The van der Waals surface area contributed by atoms with Gasteiger partial charge in [0.1, 0.15) is 0 Å². The van der Waals surface area contributed by atoms with Crippen LogP contribution in [0.2, 0.25) is 0 Å². The summed E-state index contributed by atoms with van der Waals surface area (Å²) in [5.41, 5.74) is 2.30. The van der Waals surface area contributed by atoms with Crippen LogP contribution < -0.4 is 4.90 Å². The van der Waals surface area contributed by atoms with Crippen molar-refractivity contribution < 1.29 is 0 Å². The molecule has 0 fully saturated rings. The zero-order chi connectivity index (χ0) is 10.5. The van der Waals surface area contributed by atoms with Crippen LogP contribution in [0.25, 0.3) is 0 Å². The Balaban J connectivity index is 2.34. The van der Waals surface area contributed by atoms with Gasteiger partial charge in [0.15, 0.2) is 0 Å². The Kier molecular flexibility index (Phi) is 2.93. The molecule has 0 aliphatic heterocycles. The fourth-order valence-electron chi connectivity index (χ4n) is 1.56. The fourth-order valence-corrected chi connectivity index (χ4v) is 1.56. The maximum atomic E-state index is 4.02. The second kappa shape index (κ2) is 4.55. The maximum Gasteiger partial charge on any atom is 0.0441 e. The number of pyridine rings is 2. The lowest BCUT2D eigenvalue weighted by Gasteiger charge is -2.22. The van der Waals surface area contributed by atoms with Crippen LogP contribution >= 0.6 is 0 Å². The largest absolute Gasteiger partial charge is 0.342 e. The Hall–Kier alpha value is -1.90. The molecule has 3 heteroatoms. The summed E-state index contributed by atoms with van der Waals surface area (Å²) >= 11 is 0. The Morgan fingerprint density at radius 1 is 0.867 bits per heavy atom. The molecule has 0 bridgehead atoms. The van der Waals surface area contributed by atoms with Gasteiger partial charge in [-0.2, -0.15) is 0 Å². The molecule has 2 heterocycles.